The van der Waals surface area contributed by atoms with Gasteiger partial charge in [-0.2, -0.15) is 0 Å². The highest BCUT2D eigenvalue weighted by molar-refractivity contribution is 5.78. The van der Waals surface area contributed by atoms with Crippen molar-refractivity contribution < 1.29 is 4.79 Å². The van der Waals surface area contributed by atoms with Gasteiger partial charge >= 0.3 is 0 Å². The normalized spacial score (nSPS) is 14.9. The predicted molar refractivity (Wildman–Crippen MR) is 57.3 cm³/mol. The number of rotatable bonds is 2. The van der Waals surface area contributed by atoms with Gasteiger partial charge in [0.25, 0.3) is 0 Å². The van der Waals surface area contributed by atoms with Gasteiger partial charge in [0, 0.05) is 31.4 Å². The molecule has 4 nitrogen and oxygen atoms in total. The molecule has 0 fully saturated rings. The van der Waals surface area contributed by atoms with Crippen molar-refractivity contribution in [3.05, 3.63) is 29.6 Å². The summed E-state index contributed by atoms with van der Waals surface area (Å²) in [6.07, 6.45) is 2.68. The van der Waals surface area contributed by atoms with Crippen molar-refractivity contribution in [2.75, 3.05) is 20.1 Å². The highest BCUT2D eigenvalue weighted by Gasteiger charge is 2.20. The highest BCUT2D eigenvalue weighted by atomic mass is 16.2. The molecule has 0 atom stereocenters. The zero-order valence-corrected chi connectivity index (χ0v) is 8.86. The summed E-state index contributed by atoms with van der Waals surface area (Å²) in [5.41, 5.74) is 2.30. The number of pyridine rings is 1. The van der Waals surface area contributed by atoms with Crippen LogP contribution in [0.2, 0.25) is 0 Å². The first-order valence-electron chi connectivity index (χ1n) is 5.16. The number of hydrogen-bond acceptors (Lipinski definition) is 3. The van der Waals surface area contributed by atoms with Crippen LogP contribution in [0.15, 0.2) is 18.3 Å². The van der Waals surface area contributed by atoms with Crippen molar-refractivity contribution in [1.29, 1.82) is 0 Å². The van der Waals surface area contributed by atoms with Crippen molar-refractivity contribution in [3.8, 4) is 0 Å². The zero-order chi connectivity index (χ0) is 10.7. The van der Waals surface area contributed by atoms with E-state index in [0.29, 0.717) is 13.1 Å². The summed E-state index contributed by atoms with van der Waals surface area (Å²) in [5.74, 6) is 0.159. The molecule has 0 spiro atoms. The zero-order valence-electron chi connectivity index (χ0n) is 8.86. The monoisotopic (exact) mass is 205 g/mol. The molecule has 1 aliphatic rings. The summed E-state index contributed by atoms with van der Waals surface area (Å²) in [6.45, 7) is 1.89. The minimum atomic E-state index is 0.159. The second-order valence-corrected chi connectivity index (χ2v) is 3.70. The number of amides is 1. The summed E-state index contributed by atoms with van der Waals surface area (Å²) < 4.78 is 0. The molecular formula is C11H15N3O. The molecule has 2 heterocycles. The molecule has 1 amide bonds. The average molecular weight is 205 g/mol. The van der Waals surface area contributed by atoms with E-state index in [1.165, 1.54) is 5.56 Å². The number of aromatic nitrogens is 1. The third kappa shape index (κ3) is 2.15. The largest absolute Gasteiger partial charge is 0.337 e. The van der Waals surface area contributed by atoms with E-state index in [2.05, 4.69) is 10.3 Å². The Balaban J connectivity index is 2.08. The Labute approximate surface area is 89.3 Å². The summed E-state index contributed by atoms with van der Waals surface area (Å²) in [6, 6.07) is 3.96. The molecule has 0 saturated heterocycles. The fraction of sp³-hybridized carbons (Fsp3) is 0.455. The number of hydrogen-bond donors (Lipinski definition) is 1. The van der Waals surface area contributed by atoms with Gasteiger partial charge in [-0.25, -0.2) is 0 Å². The van der Waals surface area contributed by atoms with Crippen LogP contribution in [0.25, 0.3) is 0 Å². The lowest BCUT2D eigenvalue weighted by atomic mass is 10.1. The summed E-state index contributed by atoms with van der Waals surface area (Å²) >= 11 is 0. The minimum Gasteiger partial charge on any atom is -0.337 e. The summed E-state index contributed by atoms with van der Waals surface area (Å²) in [7, 11) is 1.79. The number of carbonyl (C=O) groups is 1. The van der Waals surface area contributed by atoms with Gasteiger partial charge in [0.2, 0.25) is 5.91 Å². The molecule has 0 saturated carbocycles. The standard InChI is InChI=1S/C11H15N3O/c1-12-7-11(15)14-6-4-10-9(8-14)3-2-5-13-10/h2-3,5,12H,4,6-8H2,1H3. The third-order valence-corrected chi connectivity index (χ3v) is 2.64. The van der Waals surface area contributed by atoms with E-state index in [0.717, 1.165) is 18.7 Å². The number of carbonyl (C=O) groups excluding carboxylic acids is 1. The van der Waals surface area contributed by atoms with Crippen molar-refractivity contribution in [2.24, 2.45) is 0 Å². The maximum atomic E-state index is 11.7. The molecule has 1 N–H and O–H groups in total. The van der Waals surface area contributed by atoms with Crippen LogP contribution in [-0.2, 0) is 17.8 Å². The number of nitrogens with zero attached hydrogens (tertiary/aromatic N) is 2. The molecular weight excluding hydrogens is 190 g/mol. The lowest BCUT2D eigenvalue weighted by molar-refractivity contribution is -0.131. The Kier molecular flexibility index (Phi) is 2.97. The second kappa shape index (κ2) is 4.40. The molecule has 15 heavy (non-hydrogen) atoms. The molecule has 0 bridgehead atoms. The van der Waals surface area contributed by atoms with Crippen LogP contribution >= 0.6 is 0 Å². The van der Waals surface area contributed by atoms with Crippen LogP contribution in [0.4, 0.5) is 0 Å². The third-order valence-electron chi connectivity index (χ3n) is 2.64. The first-order valence-corrected chi connectivity index (χ1v) is 5.16. The highest BCUT2D eigenvalue weighted by Crippen LogP contribution is 2.15. The molecule has 80 valence electrons. The minimum absolute atomic E-state index is 0.159. The molecule has 0 aliphatic carbocycles. The second-order valence-electron chi connectivity index (χ2n) is 3.70. The molecule has 4 heteroatoms. The summed E-state index contributed by atoms with van der Waals surface area (Å²) in [4.78, 5) is 17.8. The lowest BCUT2D eigenvalue weighted by Crippen LogP contribution is -2.40. The maximum absolute atomic E-state index is 11.7. The molecule has 0 unspecified atom stereocenters. The van der Waals surface area contributed by atoms with Gasteiger partial charge < -0.3 is 10.2 Å². The van der Waals surface area contributed by atoms with Gasteiger partial charge in [-0.05, 0) is 18.7 Å². The van der Waals surface area contributed by atoms with Crippen LogP contribution in [0.5, 0.6) is 0 Å². The predicted octanol–water partition coefficient (Wildman–Crippen LogP) is 0.186. The van der Waals surface area contributed by atoms with E-state index in [1.807, 2.05) is 23.2 Å². The van der Waals surface area contributed by atoms with E-state index in [9.17, 15) is 4.79 Å². The fourth-order valence-electron chi connectivity index (χ4n) is 1.84. The number of likely N-dealkylation sites (N-methyl/N-ethyl adjacent to an activating group) is 1. The Morgan fingerprint density at radius 1 is 1.67 bits per heavy atom. The Morgan fingerprint density at radius 3 is 3.33 bits per heavy atom. The SMILES string of the molecule is CNCC(=O)N1CCc2ncccc2C1. The van der Waals surface area contributed by atoms with Crippen LogP contribution in [0, 0.1) is 0 Å². The summed E-state index contributed by atoms with van der Waals surface area (Å²) in [5, 5.41) is 2.88. The fourth-order valence-corrected chi connectivity index (χ4v) is 1.84. The van der Waals surface area contributed by atoms with Gasteiger partial charge in [-0.15, -0.1) is 0 Å². The quantitative estimate of drug-likeness (QED) is 0.749. The van der Waals surface area contributed by atoms with Crippen LogP contribution in [0.1, 0.15) is 11.3 Å². The van der Waals surface area contributed by atoms with Crippen molar-refractivity contribution in [3.63, 3.8) is 0 Å². The van der Waals surface area contributed by atoms with Gasteiger partial charge in [-0.3, -0.25) is 9.78 Å². The van der Waals surface area contributed by atoms with Crippen molar-refractivity contribution >= 4 is 5.91 Å². The average Bonchev–Trinajstić information content (AvgIpc) is 2.29. The van der Waals surface area contributed by atoms with Crippen LogP contribution in [-0.4, -0.2) is 35.9 Å². The molecule has 1 aromatic rings. The molecule has 0 aromatic carbocycles. The van der Waals surface area contributed by atoms with Gasteiger partial charge in [0.05, 0.1) is 6.54 Å². The van der Waals surface area contributed by atoms with Crippen molar-refractivity contribution in [1.82, 2.24) is 15.2 Å². The Morgan fingerprint density at radius 2 is 2.53 bits per heavy atom. The van der Waals surface area contributed by atoms with E-state index >= 15 is 0 Å². The molecule has 1 aliphatic heterocycles. The topological polar surface area (TPSA) is 45.2 Å². The van der Waals surface area contributed by atoms with E-state index in [4.69, 9.17) is 0 Å². The maximum Gasteiger partial charge on any atom is 0.236 e. The molecule has 2 rings (SSSR count). The first kappa shape index (κ1) is 10.1. The smallest absolute Gasteiger partial charge is 0.236 e. The molecule has 1 aromatic heterocycles. The Bertz CT molecular complexity index is 365. The number of nitrogens with one attached hydrogen (secondary N) is 1. The van der Waals surface area contributed by atoms with E-state index < -0.39 is 0 Å². The van der Waals surface area contributed by atoms with Gasteiger partial charge in [0.1, 0.15) is 0 Å². The van der Waals surface area contributed by atoms with Crippen LogP contribution < -0.4 is 5.32 Å². The Hall–Kier alpha value is -1.42. The van der Waals surface area contributed by atoms with Gasteiger partial charge in [0.15, 0.2) is 0 Å². The van der Waals surface area contributed by atoms with Crippen LogP contribution in [0.3, 0.4) is 0 Å². The van der Waals surface area contributed by atoms with E-state index in [-0.39, 0.29) is 5.91 Å². The first-order chi connectivity index (χ1) is 7.31. The lowest BCUT2D eigenvalue weighted by Gasteiger charge is -2.28. The van der Waals surface area contributed by atoms with Crippen molar-refractivity contribution in [2.45, 2.75) is 13.0 Å². The molecule has 0 radical (unpaired) electrons. The van der Waals surface area contributed by atoms with Gasteiger partial charge in [-0.1, -0.05) is 6.07 Å². The van der Waals surface area contributed by atoms with E-state index in [1.54, 1.807) is 7.05 Å². The number of fused-ring (bicyclic) bond motifs is 1.